The Hall–Kier alpha value is -0.521. The van der Waals surface area contributed by atoms with Crippen LogP contribution in [0.3, 0.4) is 0 Å². The predicted molar refractivity (Wildman–Crippen MR) is 136 cm³/mol. The minimum atomic E-state index is -2.29. The molecule has 0 saturated carbocycles. The van der Waals surface area contributed by atoms with Gasteiger partial charge in [-0.3, -0.25) is 0 Å². The topological polar surface area (TPSA) is 9.23 Å². The molecule has 4 heteroatoms. The molecular formula is C25H36OS2Sn. The van der Waals surface area contributed by atoms with Gasteiger partial charge >= 0.3 is 190 Å². The molecule has 3 aromatic rings. The van der Waals surface area contributed by atoms with Crippen LogP contribution in [0.2, 0.25) is 13.3 Å². The van der Waals surface area contributed by atoms with E-state index in [1.54, 1.807) is 20.4 Å². The van der Waals surface area contributed by atoms with Gasteiger partial charge in [-0.15, -0.1) is 0 Å². The molecule has 0 saturated heterocycles. The SMILES string of the molecule is CCC[CH2][Sn]([CH2]CCC)([CH2]CCC)[c]1cc2sc(-c3ccc(OC)cc3)cc2s1. The molecule has 0 amide bonds. The Bertz CT molecular complexity index is 825. The molecule has 0 aliphatic rings. The summed E-state index contributed by atoms with van der Waals surface area (Å²) >= 11 is 1.84. The van der Waals surface area contributed by atoms with Crippen LogP contribution in [-0.2, 0) is 0 Å². The first-order valence-electron chi connectivity index (χ1n) is 11.3. The summed E-state index contributed by atoms with van der Waals surface area (Å²) < 4.78 is 14.9. The third kappa shape index (κ3) is 5.59. The van der Waals surface area contributed by atoms with E-state index in [1.807, 2.05) is 14.2 Å². The Morgan fingerprint density at radius 1 is 0.759 bits per heavy atom. The number of methoxy groups -OCH3 is 1. The first kappa shape index (κ1) is 23.1. The normalized spacial score (nSPS) is 12.0. The van der Waals surface area contributed by atoms with Crippen molar-refractivity contribution in [1.29, 1.82) is 0 Å². The van der Waals surface area contributed by atoms with Crippen LogP contribution in [0.25, 0.3) is 19.8 Å². The Labute approximate surface area is 189 Å². The van der Waals surface area contributed by atoms with Gasteiger partial charge in [0.05, 0.1) is 0 Å². The van der Waals surface area contributed by atoms with Crippen LogP contribution in [-0.4, -0.2) is 25.5 Å². The van der Waals surface area contributed by atoms with E-state index in [4.69, 9.17) is 4.74 Å². The fraction of sp³-hybridized carbons (Fsp3) is 0.520. The summed E-state index contributed by atoms with van der Waals surface area (Å²) in [5, 5.41) is 0. The van der Waals surface area contributed by atoms with Crippen molar-refractivity contribution in [2.75, 3.05) is 7.11 Å². The number of unbranched alkanes of at least 4 members (excludes halogenated alkanes) is 3. The summed E-state index contributed by atoms with van der Waals surface area (Å²) in [4.78, 5) is 1.39. The number of fused-ring (bicyclic) bond motifs is 1. The molecule has 0 spiro atoms. The first-order chi connectivity index (χ1) is 14.2. The molecule has 3 rings (SSSR count). The second kappa shape index (κ2) is 11.2. The van der Waals surface area contributed by atoms with Gasteiger partial charge in [0.15, 0.2) is 0 Å². The molecule has 0 N–H and O–H groups in total. The molecule has 0 aliphatic heterocycles. The van der Waals surface area contributed by atoms with Crippen molar-refractivity contribution in [3.8, 4) is 16.2 Å². The van der Waals surface area contributed by atoms with E-state index in [2.05, 4.69) is 68.5 Å². The zero-order valence-corrected chi connectivity index (χ0v) is 23.0. The summed E-state index contributed by atoms with van der Waals surface area (Å²) in [6.07, 6.45) is 8.35. The van der Waals surface area contributed by atoms with Crippen molar-refractivity contribution >= 4 is 53.3 Å². The maximum absolute atomic E-state index is 5.31. The van der Waals surface area contributed by atoms with Gasteiger partial charge in [-0.1, -0.05) is 0 Å². The number of hydrogen-bond acceptors (Lipinski definition) is 3. The molecule has 1 nitrogen and oxygen atoms in total. The first-order valence-corrected chi connectivity index (χ1v) is 20.5. The molecular weight excluding hydrogens is 499 g/mol. The molecule has 158 valence electrons. The second-order valence-electron chi connectivity index (χ2n) is 8.27. The van der Waals surface area contributed by atoms with Crippen LogP contribution in [0.1, 0.15) is 59.3 Å². The van der Waals surface area contributed by atoms with E-state index < -0.39 is 18.4 Å². The number of rotatable bonds is 12. The average molecular weight is 535 g/mol. The predicted octanol–water partition coefficient (Wildman–Crippen LogP) is 8.69. The molecule has 0 atom stereocenters. The standard InChI is InChI=1S/C13H9OS2.3C4H9.Sn/c1-14-10-4-2-9(3-5-10)12-8-13-11(16-12)6-7-15-13;3*1-3-4-2;/h2-6,8H,1H3;3*1,3-4H2,2H3;. The van der Waals surface area contributed by atoms with Crippen LogP contribution in [0.5, 0.6) is 5.75 Å². The number of thiophene rings is 2. The maximum atomic E-state index is 5.31. The molecule has 0 bridgehead atoms. The van der Waals surface area contributed by atoms with Crippen molar-refractivity contribution in [1.82, 2.24) is 0 Å². The van der Waals surface area contributed by atoms with Crippen molar-refractivity contribution in [2.24, 2.45) is 0 Å². The molecule has 1 aromatic carbocycles. The molecule has 0 fully saturated rings. The van der Waals surface area contributed by atoms with Crippen LogP contribution < -0.4 is 7.63 Å². The average Bonchev–Trinajstić information content (AvgIpc) is 3.33. The van der Waals surface area contributed by atoms with Gasteiger partial charge < -0.3 is 0 Å². The number of hydrogen-bond donors (Lipinski definition) is 0. The van der Waals surface area contributed by atoms with Gasteiger partial charge in [0.1, 0.15) is 0 Å². The van der Waals surface area contributed by atoms with E-state index in [0.29, 0.717) is 0 Å². The summed E-state index contributed by atoms with van der Waals surface area (Å²) in [7, 11) is 1.73. The van der Waals surface area contributed by atoms with Crippen LogP contribution >= 0.6 is 22.7 Å². The van der Waals surface area contributed by atoms with Gasteiger partial charge in [0, 0.05) is 0 Å². The Morgan fingerprint density at radius 2 is 1.31 bits per heavy atom. The molecule has 2 aromatic heterocycles. The minimum absolute atomic E-state index is 0.927. The fourth-order valence-corrected chi connectivity index (χ4v) is 26.2. The van der Waals surface area contributed by atoms with Crippen LogP contribution in [0.15, 0.2) is 36.4 Å². The van der Waals surface area contributed by atoms with E-state index >= 15 is 0 Å². The van der Waals surface area contributed by atoms with Crippen molar-refractivity contribution in [3.05, 3.63) is 36.4 Å². The van der Waals surface area contributed by atoms with Crippen LogP contribution in [0.4, 0.5) is 0 Å². The van der Waals surface area contributed by atoms with E-state index in [0.717, 1.165) is 5.75 Å². The third-order valence-corrected chi connectivity index (χ3v) is 26.7. The van der Waals surface area contributed by atoms with Gasteiger partial charge in [-0.05, 0) is 0 Å². The monoisotopic (exact) mass is 536 g/mol. The van der Waals surface area contributed by atoms with Crippen molar-refractivity contribution < 1.29 is 4.74 Å². The summed E-state index contributed by atoms with van der Waals surface area (Å²) in [5.41, 5.74) is 1.30. The van der Waals surface area contributed by atoms with Crippen LogP contribution in [0, 0.1) is 0 Å². The third-order valence-electron chi connectivity index (χ3n) is 6.13. The molecule has 29 heavy (non-hydrogen) atoms. The molecule has 0 radical (unpaired) electrons. The van der Waals surface area contributed by atoms with E-state index in [9.17, 15) is 0 Å². The van der Waals surface area contributed by atoms with Crippen molar-refractivity contribution in [3.63, 3.8) is 0 Å². The summed E-state index contributed by atoms with van der Waals surface area (Å²) in [6.45, 7) is 7.10. The van der Waals surface area contributed by atoms with Gasteiger partial charge in [-0.25, -0.2) is 0 Å². The summed E-state index contributed by atoms with van der Waals surface area (Å²) in [6, 6.07) is 13.6. The van der Waals surface area contributed by atoms with Gasteiger partial charge in [0.2, 0.25) is 0 Å². The van der Waals surface area contributed by atoms with Gasteiger partial charge in [-0.2, -0.15) is 0 Å². The van der Waals surface area contributed by atoms with E-state index in [-0.39, 0.29) is 0 Å². The number of ether oxygens (including phenoxy) is 1. The molecule has 0 aliphatic carbocycles. The Balaban J connectivity index is 1.92. The molecule has 2 heterocycles. The number of benzene rings is 1. The van der Waals surface area contributed by atoms with Crippen molar-refractivity contribution in [2.45, 2.75) is 72.6 Å². The Morgan fingerprint density at radius 3 is 1.79 bits per heavy atom. The second-order valence-corrected chi connectivity index (χ2v) is 24.6. The van der Waals surface area contributed by atoms with E-state index in [1.165, 1.54) is 58.4 Å². The summed E-state index contributed by atoms with van der Waals surface area (Å²) in [5.74, 6) is 0.927. The fourth-order valence-electron chi connectivity index (χ4n) is 4.28. The zero-order valence-electron chi connectivity index (χ0n) is 18.6. The quantitative estimate of drug-likeness (QED) is 0.211. The molecule has 0 unspecified atom stereocenters. The Kier molecular flexibility index (Phi) is 8.94. The van der Waals surface area contributed by atoms with Gasteiger partial charge in [0.25, 0.3) is 0 Å². The zero-order chi connectivity index (χ0) is 20.7.